The zero-order valence-corrected chi connectivity index (χ0v) is 15.0. The second-order valence-electron chi connectivity index (χ2n) is 6.68. The van der Waals surface area contributed by atoms with Crippen LogP contribution in [0.1, 0.15) is 22.3 Å². The van der Waals surface area contributed by atoms with Gasteiger partial charge in [0.1, 0.15) is 18.3 Å². The van der Waals surface area contributed by atoms with E-state index in [9.17, 15) is 9.18 Å². The molecule has 3 rings (SSSR count). The maximum atomic E-state index is 13.9. The van der Waals surface area contributed by atoms with Gasteiger partial charge in [-0.25, -0.2) is 19.3 Å². The molecule has 1 fully saturated rings. The molecule has 2 atom stereocenters. The number of hydrogen-bond donors (Lipinski definition) is 1. The molecule has 8 heteroatoms. The standard InChI is InChI=1S/C18H23FN6O/c1-24(2)18(26)14-3-4-17(22-8-14)23-9-16-5-15(19)11-25(16)10-13-6-20-12-21-7-13/h3-4,6-8,12,15-16H,5,9-11H2,1-2H3,(H,22,23)/t15-,16-/m0/s1. The van der Waals surface area contributed by atoms with Crippen molar-refractivity contribution in [1.82, 2.24) is 24.8 Å². The highest BCUT2D eigenvalue weighted by Crippen LogP contribution is 2.22. The topological polar surface area (TPSA) is 74.2 Å². The fourth-order valence-electron chi connectivity index (χ4n) is 3.08. The molecule has 7 nitrogen and oxygen atoms in total. The molecule has 0 radical (unpaired) electrons. The Morgan fingerprint density at radius 1 is 1.31 bits per heavy atom. The maximum Gasteiger partial charge on any atom is 0.254 e. The van der Waals surface area contributed by atoms with Gasteiger partial charge in [-0.3, -0.25) is 9.69 Å². The van der Waals surface area contributed by atoms with Crippen LogP contribution in [0.2, 0.25) is 0 Å². The summed E-state index contributed by atoms with van der Waals surface area (Å²) in [6.07, 6.45) is 6.20. The van der Waals surface area contributed by atoms with Crippen molar-refractivity contribution in [2.45, 2.75) is 25.2 Å². The van der Waals surface area contributed by atoms with Crippen molar-refractivity contribution in [2.75, 3.05) is 32.5 Å². The van der Waals surface area contributed by atoms with Crippen LogP contribution in [0.3, 0.4) is 0 Å². The third-order valence-corrected chi connectivity index (χ3v) is 4.41. The van der Waals surface area contributed by atoms with E-state index in [1.165, 1.54) is 11.2 Å². The Hall–Kier alpha value is -2.61. The average Bonchev–Trinajstić information content (AvgIpc) is 2.99. The van der Waals surface area contributed by atoms with E-state index in [-0.39, 0.29) is 11.9 Å². The zero-order chi connectivity index (χ0) is 18.5. The molecular weight excluding hydrogens is 335 g/mol. The number of carbonyl (C=O) groups excluding carboxylic acids is 1. The van der Waals surface area contributed by atoms with Crippen molar-refractivity contribution in [2.24, 2.45) is 0 Å². The molecule has 3 heterocycles. The summed E-state index contributed by atoms with van der Waals surface area (Å²) in [5.74, 6) is 0.585. The van der Waals surface area contributed by atoms with Gasteiger partial charge in [-0.2, -0.15) is 0 Å². The van der Waals surface area contributed by atoms with Gasteiger partial charge in [0, 0.05) is 63.9 Å². The molecule has 1 N–H and O–H groups in total. The second-order valence-corrected chi connectivity index (χ2v) is 6.68. The Morgan fingerprint density at radius 3 is 2.73 bits per heavy atom. The predicted molar refractivity (Wildman–Crippen MR) is 96.5 cm³/mol. The lowest BCUT2D eigenvalue weighted by atomic mass is 10.2. The number of nitrogens with one attached hydrogen (secondary N) is 1. The number of hydrogen-bond acceptors (Lipinski definition) is 6. The monoisotopic (exact) mass is 358 g/mol. The van der Waals surface area contributed by atoms with Crippen molar-refractivity contribution in [3.05, 3.63) is 48.2 Å². The number of carbonyl (C=O) groups is 1. The summed E-state index contributed by atoms with van der Waals surface area (Å²) >= 11 is 0. The number of nitrogens with zero attached hydrogens (tertiary/aromatic N) is 5. The van der Waals surface area contributed by atoms with E-state index < -0.39 is 6.17 Å². The Kier molecular flexibility index (Phi) is 5.72. The molecule has 2 aromatic heterocycles. The quantitative estimate of drug-likeness (QED) is 0.845. The predicted octanol–water partition coefficient (Wildman–Crippen LogP) is 1.60. The van der Waals surface area contributed by atoms with E-state index in [1.807, 2.05) is 0 Å². The third-order valence-electron chi connectivity index (χ3n) is 4.41. The van der Waals surface area contributed by atoms with E-state index in [2.05, 4.69) is 25.2 Å². The fraction of sp³-hybridized carbons (Fsp3) is 0.444. The Bertz CT molecular complexity index is 724. The molecule has 0 aliphatic carbocycles. The molecule has 138 valence electrons. The number of pyridine rings is 1. The molecule has 1 aliphatic heterocycles. The lowest BCUT2D eigenvalue weighted by Gasteiger charge is -2.24. The summed E-state index contributed by atoms with van der Waals surface area (Å²) in [6.45, 7) is 1.62. The number of aromatic nitrogens is 3. The van der Waals surface area contributed by atoms with Crippen LogP contribution in [0.4, 0.5) is 10.2 Å². The first-order valence-corrected chi connectivity index (χ1v) is 8.56. The van der Waals surface area contributed by atoms with Crippen molar-refractivity contribution >= 4 is 11.7 Å². The molecule has 1 aliphatic rings. The first-order chi connectivity index (χ1) is 12.5. The molecule has 0 spiro atoms. The summed E-state index contributed by atoms with van der Waals surface area (Å²) in [6, 6.07) is 3.58. The van der Waals surface area contributed by atoms with Crippen molar-refractivity contribution < 1.29 is 9.18 Å². The van der Waals surface area contributed by atoms with Gasteiger partial charge in [0.2, 0.25) is 0 Å². The fourth-order valence-corrected chi connectivity index (χ4v) is 3.08. The summed E-state index contributed by atoms with van der Waals surface area (Å²) in [7, 11) is 3.41. The number of likely N-dealkylation sites (tertiary alicyclic amines) is 1. The minimum absolute atomic E-state index is 0.0649. The Balaban J connectivity index is 1.58. The SMILES string of the molecule is CN(C)C(=O)c1ccc(NC[C@@H]2C[C@H](F)CN2Cc2cncnc2)nc1. The number of halogens is 1. The molecule has 2 aromatic rings. The van der Waals surface area contributed by atoms with E-state index >= 15 is 0 Å². The number of amides is 1. The molecule has 1 amide bonds. The van der Waals surface area contributed by atoms with Crippen LogP contribution in [0.5, 0.6) is 0 Å². The summed E-state index contributed by atoms with van der Waals surface area (Å²) in [4.78, 5) is 27.8. The largest absolute Gasteiger partial charge is 0.369 e. The van der Waals surface area contributed by atoms with Gasteiger partial charge in [-0.05, 0) is 18.6 Å². The lowest BCUT2D eigenvalue weighted by Crippen LogP contribution is -2.34. The minimum atomic E-state index is -0.834. The van der Waals surface area contributed by atoms with E-state index in [4.69, 9.17) is 0 Å². The third kappa shape index (κ3) is 4.51. The zero-order valence-electron chi connectivity index (χ0n) is 15.0. The van der Waals surface area contributed by atoms with Crippen LogP contribution in [-0.2, 0) is 6.54 Å². The molecular formula is C18H23FN6O. The Morgan fingerprint density at radius 2 is 2.08 bits per heavy atom. The minimum Gasteiger partial charge on any atom is -0.369 e. The van der Waals surface area contributed by atoms with Crippen molar-refractivity contribution in [3.8, 4) is 0 Å². The van der Waals surface area contributed by atoms with E-state index in [0.29, 0.717) is 37.4 Å². The highest BCUT2D eigenvalue weighted by atomic mass is 19.1. The van der Waals surface area contributed by atoms with Crippen LogP contribution >= 0.6 is 0 Å². The molecule has 0 unspecified atom stereocenters. The maximum absolute atomic E-state index is 13.9. The van der Waals surface area contributed by atoms with Crippen LogP contribution < -0.4 is 5.32 Å². The number of alkyl halides is 1. The summed E-state index contributed by atoms with van der Waals surface area (Å²) < 4.78 is 13.9. The van der Waals surface area contributed by atoms with Gasteiger partial charge in [0.25, 0.3) is 5.91 Å². The lowest BCUT2D eigenvalue weighted by molar-refractivity contribution is 0.0827. The molecule has 0 bridgehead atoms. The number of anilines is 1. The first-order valence-electron chi connectivity index (χ1n) is 8.56. The molecule has 0 saturated carbocycles. The van der Waals surface area contributed by atoms with Gasteiger partial charge < -0.3 is 10.2 Å². The second kappa shape index (κ2) is 8.18. The average molecular weight is 358 g/mol. The van der Waals surface area contributed by atoms with Gasteiger partial charge in [0.15, 0.2) is 0 Å². The van der Waals surface area contributed by atoms with Gasteiger partial charge >= 0.3 is 0 Å². The number of rotatable bonds is 6. The van der Waals surface area contributed by atoms with Crippen LogP contribution in [-0.4, -0.2) is 70.1 Å². The molecule has 1 saturated heterocycles. The van der Waals surface area contributed by atoms with Crippen molar-refractivity contribution in [1.29, 1.82) is 0 Å². The summed E-state index contributed by atoms with van der Waals surface area (Å²) in [5.41, 5.74) is 1.51. The van der Waals surface area contributed by atoms with E-state index in [1.54, 1.807) is 44.8 Å². The first kappa shape index (κ1) is 18.2. The normalized spacial score (nSPS) is 20.1. The Labute approximate surface area is 152 Å². The van der Waals surface area contributed by atoms with Gasteiger partial charge in [-0.1, -0.05) is 0 Å². The highest BCUT2D eigenvalue weighted by molar-refractivity contribution is 5.93. The summed E-state index contributed by atoms with van der Waals surface area (Å²) in [5, 5.41) is 3.24. The molecule has 0 aromatic carbocycles. The highest BCUT2D eigenvalue weighted by Gasteiger charge is 2.31. The molecule has 26 heavy (non-hydrogen) atoms. The van der Waals surface area contributed by atoms with Gasteiger partial charge in [-0.15, -0.1) is 0 Å². The van der Waals surface area contributed by atoms with Crippen LogP contribution in [0.15, 0.2) is 37.1 Å². The smallest absolute Gasteiger partial charge is 0.254 e. The van der Waals surface area contributed by atoms with Crippen LogP contribution in [0, 0.1) is 0 Å². The van der Waals surface area contributed by atoms with Crippen LogP contribution in [0.25, 0.3) is 0 Å². The van der Waals surface area contributed by atoms with Gasteiger partial charge in [0.05, 0.1) is 5.56 Å². The van der Waals surface area contributed by atoms with Crippen molar-refractivity contribution in [3.63, 3.8) is 0 Å². The van der Waals surface area contributed by atoms with E-state index in [0.717, 1.165) is 5.56 Å².